The summed E-state index contributed by atoms with van der Waals surface area (Å²) in [5.74, 6) is -0.276. The van der Waals surface area contributed by atoms with Crippen LogP contribution in [0.25, 0.3) is 0 Å². The number of carbonyl (C=O) groups is 1. The van der Waals surface area contributed by atoms with Crippen LogP contribution < -0.4 is 10.4 Å². The zero-order valence-corrected chi connectivity index (χ0v) is 19.7. The number of nitrogens with one attached hydrogen (secondary N) is 1. The molecule has 0 radical (unpaired) electrons. The lowest BCUT2D eigenvalue weighted by molar-refractivity contribution is -0.120. The first-order valence-electron chi connectivity index (χ1n) is 10.1. The summed E-state index contributed by atoms with van der Waals surface area (Å²) in [6.45, 7) is 3.78. The van der Waals surface area contributed by atoms with Gasteiger partial charge >= 0.3 is 0 Å². The summed E-state index contributed by atoms with van der Waals surface area (Å²) in [6, 6.07) is 13.3. The standard InChI is InChI=1S/C22H23BrCl2N4O/c1-14-20(22(30)27-28-11-3-2-4-12-28)26-29(19-10-9-17(24)13-18(19)25)21(14)15-5-7-16(23)8-6-15/h5-10,13-14,21H,2-4,11-12H2,1H3,(H,27,30)/t14-,21-/m1/s1. The van der Waals surface area contributed by atoms with E-state index in [9.17, 15) is 4.79 Å². The van der Waals surface area contributed by atoms with Crippen molar-refractivity contribution in [3.8, 4) is 0 Å². The second-order valence-electron chi connectivity index (χ2n) is 7.70. The number of hydrazone groups is 1. The molecular weight excluding hydrogens is 487 g/mol. The number of hydrazine groups is 1. The van der Waals surface area contributed by atoms with E-state index in [-0.39, 0.29) is 17.9 Å². The number of piperidine rings is 1. The topological polar surface area (TPSA) is 47.9 Å². The zero-order valence-electron chi connectivity index (χ0n) is 16.6. The van der Waals surface area contributed by atoms with E-state index < -0.39 is 0 Å². The Morgan fingerprint density at radius 3 is 2.47 bits per heavy atom. The third kappa shape index (κ3) is 4.52. The van der Waals surface area contributed by atoms with E-state index in [4.69, 9.17) is 28.3 Å². The molecule has 0 saturated carbocycles. The van der Waals surface area contributed by atoms with Gasteiger partial charge in [-0.3, -0.25) is 15.2 Å². The summed E-state index contributed by atoms with van der Waals surface area (Å²) in [5, 5.41) is 9.64. The van der Waals surface area contributed by atoms with Gasteiger partial charge in [-0.1, -0.05) is 64.6 Å². The largest absolute Gasteiger partial charge is 0.284 e. The Hall–Kier alpha value is -1.60. The molecule has 2 aromatic carbocycles. The number of anilines is 1. The Kier molecular flexibility index (Phi) is 6.68. The van der Waals surface area contributed by atoms with Crippen LogP contribution in [0.1, 0.15) is 37.8 Å². The average molecular weight is 510 g/mol. The van der Waals surface area contributed by atoms with Crippen molar-refractivity contribution in [1.29, 1.82) is 0 Å². The Morgan fingerprint density at radius 2 is 1.80 bits per heavy atom. The second-order valence-corrected chi connectivity index (χ2v) is 9.46. The fourth-order valence-electron chi connectivity index (χ4n) is 4.05. The lowest BCUT2D eigenvalue weighted by atomic mass is 9.91. The normalized spacial score (nSPS) is 22.1. The van der Waals surface area contributed by atoms with E-state index in [2.05, 4.69) is 21.4 Å². The first-order valence-corrected chi connectivity index (χ1v) is 11.6. The van der Waals surface area contributed by atoms with Crippen LogP contribution in [0, 0.1) is 5.92 Å². The molecule has 0 spiro atoms. The van der Waals surface area contributed by atoms with E-state index in [1.54, 1.807) is 12.1 Å². The van der Waals surface area contributed by atoms with E-state index in [0.717, 1.165) is 41.7 Å². The maximum Gasteiger partial charge on any atom is 0.282 e. The molecule has 0 bridgehead atoms. The van der Waals surface area contributed by atoms with Crippen molar-refractivity contribution in [3.63, 3.8) is 0 Å². The predicted molar refractivity (Wildman–Crippen MR) is 126 cm³/mol. The minimum atomic E-state index is -0.154. The molecule has 1 amide bonds. The molecule has 2 atom stereocenters. The van der Waals surface area contributed by atoms with Crippen molar-refractivity contribution < 1.29 is 4.79 Å². The summed E-state index contributed by atoms with van der Waals surface area (Å²) in [7, 11) is 0. The number of hydrogen-bond acceptors (Lipinski definition) is 4. The highest BCUT2D eigenvalue weighted by molar-refractivity contribution is 9.10. The monoisotopic (exact) mass is 508 g/mol. The van der Waals surface area contributed by atoms with Crippen LogP contribution in [0.3, 0.4) is 0 Å². The smallest absolute Gasteiger partial charge is 0.282 e. The fourth-order valence-corrected chi connectivity index (χ4v) is 4.81. The number of halogens is 3. The van der Waals surface area contributed by atoms with Crippen LogP contribution in [0.4, 0.5) is 5.69 Å². The quantitative estimate of drug-likeness (QED) is 0.564. The third-order valence-electron chi connectivity index (χ3n) is 5.60. The SMILES string of the molecule is C[C@@H]1C(C(=O)NN2CCCCC2)=NN(c2ccc(Cl)cc2Cl)[C@H]1c1ccc(Br)cc1. The third-order valence-corrected chi connectivity index (χ3v) is 6.67. The highest BCUT2D eigenvalue weighted by Crippen LogP contribution is 2.42. The fraction of sp³-hybridized carbons (Fsp3) is 0.364. The van der Waals surface area contributed by atoms with Gasteiger partial charge in [0.15, 0.2) is 0 Å². The molecule has 0 aromatic heterocycles. The molecule has 0 unspecified atom stereocenters. The van der Waals surface area contributed by atoms with E-state index in [1.807, 2.05) is 47.3 Å². The van der Waals surface area contributed by atoms with Gasteiger partial charge in [0.05, 0.1) is 16.8 Å². The van der Waals surface area contributed by atoms with Crippen LogP contribution in [0.15, 0.2) is 52.0 Å². The Balaban J connectivity index is 1.68. The van der Waals surface area contributed by atoms with Crippen LogP contribution in [-0.4, -0.2) is 29.7 Å². The molecule has 0 aliphatic carbocycles. The van der Waals surface area contributed by atoms with Crippen LogP contribution >= 0.6 is 39.1 Å². The molecule has 1 saturated heterocycles. The minimum Gasteiger partial charge on any atom is -0.284 e. The number of carbonyl (C=O) groups excluding carboxylic acids is 1. The molecule has 2 heterocycles. The zero-order chi connectivity index (χ0) is 21.3. The van der Waals surface area contributed by atoms with Gasteiger partial charge in [-0.25, -0.2) is 5.01 Å². The first-order chi connectivity index (χ1) is 14.4. The summed E-state index contributed by atoms with van der Waals surface area (Å²) >= 11 is 16.1. The van der Waals surface area contributed by atoms with Gasteiger partial charge in [0, 0.05) is 28.5 Å². The lowest BCUT2D eigenvalue weighted by Crippen LogP contribution is -2.48. The van der Waals surface area contributed by atoms with Crippen molar-refractivity contribution in [2.45, 2.75) is 32.2 Å². The molecule has 1 fully saturated rings. The predicted octanol–water partition coefficient (Wildman–Crippen LogP) is 5.83. The minimum absolute atomic E-state index is 0.122. The molecule has 2 aliphatic rings. The van der Waals surface area contributed by atoms with E-state index in [0.29, 0.717) is 15.8 Å². The molecule has 2 aromatic rings. The van der Waals surface area contributed by atoms with E-state index in [1.165, 1.54) is 6.42 Å². The number of hydrogen-bond donors (Lipinski definition) is 1. The van der Waals surface area contributed by atoms with Crippen LogP contribution in [-0.2, 0) is 4.79 Å². The second kappa shape index (κ2) is 9.27. The first kappa shape index (κ1) is 21.6. The molecule has 5 nitrogen and oxygen atoms in total. The van der Waals surface area contributed by atoms with Gasteiger partial charge in [-0.05, 0) is 48.7 Å². The van der Waals surface area contributed by atoms with Gasteiger partial charge in [-0.15, -0.1) is 0 Å². The van der Waals surface area contributed by atoms with Gasteiger partial charge < -0.3 is 0 Å². The van der Waals surface area contributed by atoms with Gasteiger partial charge in [-0.2, -0.15) is 5.10 Å². The molecule has 4 rings (SSSR count). The van der Waals surface area contributed by atoms with Crippen LogP contribution in [0.5, 0.6) is 0 Å². The van der Waals surface area contributed by atoms with Gasteiger partial charge in [0.2, 0.25) is 0 Å². The van der Waals surface area contributed by atoms with Gasteiger partial charge in [0.1, 0.15) is 5.71 Å². The maximum absolute atomic E-state index is 13.1. The van der Waals surface area contributed by atoms with Crippen molar-refractivity contribution in [2.24, 2.45) is 11.0 Å². The van der Waals surface area contributed by atoms with Crippen LogP contribution in [0.2, 0.25) is 10.0 Å². The lowest BCUT2D eigenvalue weighted by Gasteiger charge is -2.28. The van der Waals surface area contributed by atoms with Crippen molar-refractivity contribution in [3.05, 3.63) is 62.5 Å². The molecular formula is C22H23BrCl2N4O. The summed E-state index contributed by atoms with van der Waals surface area (Å²) < 4.78 is 0.997. The molecule has 2 aliphatic heterocycles. The number of amides is 1. The average Bonchev–Trinajstić information content (AvgIpc) is 3.06. The van der Waals surface area contributed by atoms with E-state index >= 15 is 0 Å². The van der Waals surface area contributed by atoms with Crippen molar-refractivity contribution >= 4 is 56.4 Å². The molecule has 8 heteroatoms. The van der Waals surface area contributed by atoms with Crippen molar-refractivity contribution in [2.75, 3.05) is 18.1 Å². The number of benzene rings is 2. The summed E-state index contributed by atoms with van der Waals surface area (Å²) in [4.78, 5) is 13.1. The van der Waals surface area contributed by atoms with Crippen molar-refractivity contribution in [1.82, 2.24) is 10.4 Å². The Labute approximate surface area is 195 Å². The maximum atomic E-state index is 13.1. The highest BCUT2D eigenvalue weighted by atomic mass is 79.9. The van der Waals surface area contributed by atoms with Gasteiger partial charge in [0.25, 0.3) is 5.91 Å². The summed E-state index contributed by atoms with van der Waals surface area (Å²) in [5.41, 5.74) is 5.32. The summed E-state index contributed by atoms with van der Waals surface area (Å²) in [6.07, 6.45) is 3.39. The number of nitrogens with zero attached hydrogens (tertiary/aromatic N) is 3. The molecule has 158 valence electrons. The number of rotatable bonds is 4. The molecule has 1 N–H and O–H groups in total. The molecule has 30 heavy (non-hydrogen) atoms. The highest BCUT2D eigenvalue weighted by Gasteiger charge is 2.40. The Morgan fingerprint density at radius 1 is 1.10 bits per heavy atom. The Bertz CT molecular complexity index is 960.